The van der Waals surface area contributed by atoms with E-state index in [0.717, 1.165) is 12.3 Å². The minimum Gasteiger partial charge on any atom is -0.277 e. The summed E-state index contributed by atoms with van der Waals surface area (Å²) in [5.74, 6) is -0.500. The summed E-state index contributed by atoms with van der Waals surface area (Å²) in [6.45, 7) is 7.13. The van der Waals surface area contributed by atoms with Gasteiger partial charge in [-0.2, -0.15) is 31.4 Å². The first kappa shape index (κ1) is 22.3. The third-order valence-corrected chi connectivity index (χ3v) is 6.30. The van der Waals surface area contributed by atoms with Gasteiger partial charge in [0.05, 0.1) is 28.5 Å². The largest absolute Gasteiger partial charge is 0.433 e. The molecule has 3 nitrogen and oxygen atoms in total. The van der Waals surface area contributed by atoms with Gasteiger partial charge in [-0.3, -0.25) is 4.99 Å². The average Bonchev–Trinajstić information content (AvgIpc) is 3.04. The normalized spacial score (nSPS) is 17.9. The maximum absolute atomic E-state index is 14.9. The Kier molecular flexibility index (Phi) is 4.56. The van der Waals surface area contributed by atoms with Gasteiger partial charge in [-0.15, -0.1) is 0 Å². The number of rotatable bonds is 1. The fraction of sp³-hybridized carbons (Fsp3) is 0.364. The van der Waals surface area contributed by atoms with Gasteiger partial charge in [-0.05, 0) is 32.0 Å². The molecule has 0 saturated carbocycles. The molecule has 0 radical (unpaired) electrons. The Morgan fingerprint density at radius 2 is 1.56 bits per heavy atom. The van der Waals surface area contributed by atoms with Crippen LogP contribution in [0.2, 0.25) is 0 Å². The molecule has 0 bridgehead atoms. The standard InChI is InChI=1S/C22H18F7N3/c1-19(2)17-12(6-5-7-14(17)23)18(31-20(19,3)4)11-8-15-13(21(24,25)26)9-16(22(27,28)29)32(15)30-10-11/h5-10H,1-4H3. The summed E-state index contributed by atoms with van der Waals surface area (Å²) >= 11 is 0. The van der Waals surface area contributed by atoms with Crippen molar-refractivity contribution in [2.24, 2.45) is 4.99 Å². The molecule has 0 amide bonds. The van der Waals surface area contributed by atoms with Gasteiger partial charge in [-0.1, -0.05) is 26.0 Å². The number of halogens is 7. The molecular formula is C22H18F7N3. The number of benzene rings is 1. The fourth-order valence-corrected chi connectivity index (χ4v) is 4.00. The van der Waals surface area contributed by atoms with Crippen molar-refractivity contribution in [2.45, 2.75) is 51.0 Å². The minimum atomic E-state index is -5.04. The van der Waals surface area contributed by atoms with Crippen LogP contribution in [-0.4, -0.2) is 20.9 Å². The molecule has 0 fully saturated rings. The minimum absolute atomic E-state index is 0.0372. The van der Waals surface area contributed by atoms with Crippen LogP contribution in [0.4, 0.5) is 30.7 Å². The highest BCUT2D eigenvalue weighted by atomic mass is 19.4. The highest BCUT2D eigenvalue weighted by molar-refractivity contribution is 6.15. The first-order valence-corrected chi connectivity index (χ1v) is 9.61. The van der Waals surface area contributed by atoms with E-state index < -0.39 is 45.9 Å². The van der Waals surface area contributed by atoms with Crippen molar-refractivity contribution >= 4 is 11.2 Å². The van der Waals surface area contributed by atoms with E-state index >= 15 is 0 Å². The highest BCUT2D eigenvalue weighted by Crippen LogP contribution is 2.45. The lowest BCUT2D eigenvalue weighted by molar-refractivity contribution is -0.143. The monoisotopic (exact) mass is 457 g/mol. The molecule has 3 heterocycles. The molecule has 1 aliphatic rings. The van der Waals surface area contributed by atoms with Crippen molar-refractivity contribution in [3.05, 3.63) is 70.3 Å². The molecule has 32 heavy (non-hydrogen) atoms. The second-order valence-corrected chi connectivity index (χ2v) is 8.79. The van der Waals surface area contributed by atoms with E-state index in [1.807, 2.05) is 0 Å². The van der Waals surface area contributed by atoms with E-state index in [9.17, 15) is 30.7 Å². The third-order valence-electron chi connectivity index (χ3n) is 6.30. The van der Waals surface area contributed by atoms with Gasteiger partial charge in [-0.25, -0.2) is 8.91 Å². The topological polar surface area (TPSA) is 29.7 Å². The Labute approximate surface area is 178 Å². The van der Waals surface area contributed by atoms with Crippen LogP contribution in [0, 0.1) is 5.82 Å². The third kappa shape index (κ3) is 3.18. The maximum atomic E-state index is 14.9. The number of aliphatic imine (C=N–C) groups is 1. The average molecular weight is 457 g/mol. The van der Waals surface area contributed by atoms with E-state index in [2.05, 4.69) is 10.1 Å². The number of aromatic nitrogens is 2. The van der Waals surface area contributed by atoms with E-state index in [-0.39, 0.29) is 21.9 Å². The van der Waals surface area contributed by atoms with Crippen molar-refractivity contribution in [3.63, 3.8) is 0 Å². The van der Waals surface area contributed by atoms with Crippen LogP contribution in [0.3, 0.4) is 0 Å². The molecular weight excluding hydrogens is 439 g/mol. The van der Waals surface area contributed by atoms with Gasteiger partial charge < -0.3 is 0 Å². The molecule has 2 aromatic heterocycles. The number of nitrogens with zero attached hydrogens (tertiary/aromatic N) is 3. The lowest BCUT2D eigenvalue weighted by Gasteiger charge is -2.44. The lowest BCUT2D eigenvalue weighted by atomic mass is 9.65. The second-order valence-electron chi connectivity index (χ2n) is 8.79. The van der Waals surface area contributed by atoms with Gasteiger partial charge in [0.2, 0.25) is 0 Å². The van der Waals surface area contributed by atoms with Gasteiger partial charge >= 0.3 is 12.4 Å². The molecule has 1 aliphatic heterocycles. The number of hydrogen-bond acceptors (Lipinski definition) is 2. The first-order valence-electron chi connectivity index (χ1n) is 9.61. The number of hydrogen-bond donors (Lipinski definition) is 0. The zero-order valence-electron chi connectivity index (χ0n) is 17.5. The summed E-state index contributed by atoms with van der Waals surface area (Å²) in [6.07, 6.45) is -9.05. The highest BCUT2D eigenvalue weighted by Gasteiger charge is 2.46. The van der Waals surface area contributed by atoms with Gasteiger partial charge in [0, 0.05) is 22.1 Å². The van der Waals surface area contributed by atoms with Crippen molar-refractivity contribution in [1.82, 2.24) is 9.61 Å². The molecule has 4 rings (SSSR count). The molecule has 0 aliphatic carbocycles. The quantitative estimate of drug-likeness (QED) is 0.388. The molecule has 0 unspecified atom stereocenters. The summed E-state index contributed by atoms with van der Waals surface area (Å²) < 4.78 is 95.6. The number of alkyl halides is 6. The fourth-order valence-electron chi connectivity index (χ4n) is 4.00. The van der Waals surface area contributed by atoms with Crippen LogP contribution in [0.5, 0.6) is 0 Å². The van der Waals surface area contributed by atoms with Crippen LogP contribution < -0.4 is 0 Å². The summed E-state index contributed by atoms with van der Waals surface area (Å²) in [4.78, 5) is 4.67. The number of fused-ring (bicyclic) bond motifs is 2. The van der Waals surface area contributed by atoms with Crippen LogP contribution >= 0.6 is 0 Å². The van der Waals surface area contributed by atoms with E-state index in [4.69, 9.17) is 0 Å². The Bertz CT molecular complexity index is 1260. The summed E-state index contributed by atoms with van der Waals surface area (Å²) in [7, 11) is 0. The van der Waals surface area contributed by atoms with Crippen LogP contribution in [0.15, 0.2) is 41.5 Å². The lowest BCUT2D eigenvalue weighted by Crippen LogP contribution is -2.46. The molecule has 170 valence electrons. The molecule has 1 aromatic carbocycles. The maximum Gasteiger partial charge on any atom is 0.433 e. The van der Waals surface area contributed by atoms with Gasteiger partial charge in [0.1, 0.15) is 11.5 Å². The predicted octanol–water partition coefficient (Wildman–Crippen LogP) is 6.42. The first-order chi connectivity index (χ1) is 14.6. The van der Waals surface area contributed by atoms with E-state index in [1.165, 1.54) is 12.1 Å². The summed E-state index contributed by atoms with van der Waals surface area (Å²) in [5.41, 5.74) is -4.47. The van der Waals surface area contributed by atoms with Gasteiger partial charge in [0.25, 0.3) is 0 Å². The molecule has 3 aromatic rings. The van der Waals surface area contributed by atoms with E-state index in [1.54, 1.807) is 33.8 Å². The Balaban J connectivity index is 2.03. The smallest absolute Gasteiger partial charge is 0.277 e. The Morgan fingerprint density at radius 3 is 2.16 bits per heavy atom. The van der Waals surface area contributed by atoms with Crippen molar-refractivity contribution < 1.29 is 30.7 Å². The van der Waals surface area contributed by atoms with Crippen molar-refractivity contribution in [2.75, 3.05) is 0 Å². The Morgan fingerprint density at radius 1 is 0.906 bits per heavy atom. The van der Waals surface area contributed by atoms with Crippen molar-refractivity contribution in [3.8, 4) is 0 Å². The zero-order chi connectivity index (χ0) is 23.9. The zero-order valence-corrected chi connectivity index (χ0v) is 17.5. The predicted molar refractivity (Wildman–Crippen MR) is 104 cm³/mol. The SMILES string of the molecule is CC1(C)N=C(c2cnn3c(C(F)(F)F)cc(C(F)(F)F)c3c2)c2cccc(F)c2C1(C)C. The van der Waals surface area contributed by atoms with Gasteiger partial charge in [0.15, 0.2) is 0 Å². The van der Waals surface area contributed by atoms with E-state index in [0.29, 0.717) is 11.1 Å². The van der Waals surface area contributed by atoms with Crippen molar-refractivity contribution in [1.29, 1.82) is 0 Å². The van der Waals surface area contributed by atoms with Crippen LogP contribution in [0.25, 0.3) is 5.52 Å². The molecule has 10 heteroatoms. The van der Waals surface area contributed by atoms with Crippen LogP contribution in [-0.2, 0) is 17.8 Å². The molecule has 0 saturated heterocycles. The summed E-state index contributed by atoms with van der Waals surface area (Å²) in [6, 6.07) is 5.32. The van der Waals surface area contributed by atoms with Crippen LogP contribution in [0.1, 0.15) is 55.6 Å². The Hall–Kier alpha value is -2.91. The molecule has 0 atom stereocenters. The molecule has 0 N–H and O–H groups in total. The summed E-state index contributed by atoms with van der Waals surface area (Å²) in [5, 5.41) is 3.66. The second kappa shape index (κ2) is 6.55. The molecule has 0 spiro atoms.